The first-order chi connectivity index (χ1) is 39.0. The van der Waals surface area contributed by atoms with E-state index in [1.54, 1.807) is 0 Å². The molecular weight excluding hydrogens is 973 g/mol. The fourth-order valence-corrected chi connectivity index (χ4v) is 7.08. The van der Waals surface area contributed by atoms with Crippen molar-refractivity contribution >= 4 is 17.9 Å². The number of esters is 3. The Morgan fingerprint density at radius 1 is 0.253 bits per heavy atom. The van der Waals surface area contributed by atoms with Gasteiger partial charge in [-0.1, -0.05) is 252 Å². The van der Waals surface area contributed by atoms with Crippen LogP contribution in [0, 0.1) is 0 Å². The summed E-state index contributed by atoms with van der Waals surface area (Å²) in [5.41, 5.74) is 0. The van der Waals surface area contributed by atoms with E-state index in [0.29, 0.717) is 12.8 Å². The van der Waals surface area contributed by atoms with Gasteiger partial charge in [0.2, 0.25) is 0 Å². The van der Waals surface area contributed by atoms with Crippen molar-refractivity contribution in [3.63, 3.8) is 0 Å². The van der Waals surface area contributed by atoms with E-state index >= 15 is 0 Å². The first kappa shape index (κ1) is 72.7. The Morgan fingerprint density at radius 2 is 0.481 bits per heavy atom. The van der Waals surface area contributed by atoms with Gasteiger partial charge in [0.15, 0.2) is 6.10 Å². The monoisotopic (exact) mass is 1080 g/mol. The van der Waals surface area contributed by atoms with Crippen LogP contribution in [0.2, 0.25) is 0 Å². The van der Waals surface area contributed by atoms with E-state index in [1.807, 2.05) is 24.3 Å². The van der Waals surface area contributed by atoms with Crippen molar-refractivity contribution in [2.24, 2.45) is 0 Å². The Morgan fingerprint density at radius 3 is 0.772 bits per heavy atom. The lowest BCUT2D eigenvalue weighted by Crippen LogP contribution is -2.30. The summed E-state index contributed by atoms with van der Waals surface area (Å²) < 4.78 is 16.7. The van der Waals surface area contributed by atoms with Crippen LogP contribution in [-0.2, 0) is 28.6 Å². The lowest BCUT2D eigenvalue weighted by atomic mass is 10.1. The van der Waals surface area contributed by atoms with E-state index in [1.165, 1.54) is 0 Å². The molecule has 0 saturated carbocycles. The molecule has 6 nitrogen and oxygen atoms in total. The highest BCUT2D eigenvalue weighted by molar-refractivity contribution is 5.71. The van der Waals surface area contributed by atoms with E-state index in [2.05, 4.69) is 215 Å². The first-order valence-corrected chi connectivity index (χ1v) is 30.2. The number of unbranched alkanes of at least 4 members (excludes halogenated alkanes) is 4. The maximum Gasteiger partial charge on any atom is 0.306 e. The van der Waals surface area contributed by atoms with Crippen molar-refractivity contribution in [3.05, 3.63) is 219 Å². The number of carbonyl (C=O) groups is 3. The highest BCUT2D eigenvalue weighted by Gasteiger charge is 2.19. The zero-order valence-electron chi connectivity index (χ0n) is 49.5. The Kier molecular flexibility index (Phi) is 59.2. The molecule has 0 heterocycles. The molecule has 0 aliphatic rings. The molecule has 0 spiro atoms. The minimum Gasteiger partial charge on any atom is -0.462 e. The molecule has 0 radical (unpaired) electrons. The molecule has 0 aromatic carbocycles. The molecule has 6 heteroatoms. The number of hydrogen-bond acceptors (Lipinski definition) is 6. The fraction of sp³-hybridized carbons (Fsp3) is 0.466. The summed E-state index contributed by atoms with van der Waals surface area (Å²) in [5, 5.41) is 0. The molecule has 0 N–H and O–H groups in total. The van der Waals surface area contributed by atoms with Crippen LogP contribution >= 0.6 is 0 Å². The van der Waals surface area contributed by atoms with Gasteiger partial charge in [-0.15, -0.1) is 0 Å². The molecule has 434 valence electrons. The second-order valence-corrected chi connectivity index (χ2v) is 18.8. The van der Waals surface area contributed by atoms with E-state index in [0.717, 1.165) is 148 Å². The van der Waals surface area contributed by atoms with Crippen LogP contribution in [0.3, 0.4) is 0 Å². The van der Waals surface area contributed by atoms with Crippen molar-refractivity contribution in [1.29, 1.82) is 0 Å². The van der Waals surface area contributed by atoms with Gasteiger partial charge in [0.05, 0.1) is 0 Å². The standard InChI is InChI=1S/C73H106O6/c1-4-7-10-13-16-19-22-25-28-31-34-35-36-37-40-42-45-48-51-54-57-60-63-66-72(75)78-69-70(79-73(76)67-64-61-58-55-52-49-46-43-39-33-30-27-24-21-18-15-12-9-6-3)68-77-71(74)65-62-59-56-53-50-47-44-41-38-32-29-26-23-20-17-14-11-8-5-2/h7-12,16-21,25-30,34-35,37-41,43,45,47-50,52,56,58-59,61,70H,4-6,13-15,22-24,31-33,36,42,44,46,51,53-55,57,60,62-69H2,1-3H3/b10-7-,11-8-,12-9-,19-16-,20-17-,21-18-,28-25-,29-26-,30-27-,35-34-,40-37-,41-38-,43-39-,48-45-,50-47-,52-49-,59-56-,61-58-. The van der Waals surface area contributed by atoms with Gasteiger partial charge < -0.3 is 14.2 Å². The largest absolute Gasteiger partial charge is 0.462 e. The Hall–Kier alpha value is -6.27. The molecule has 0 amide bonds. The summed E-state index contributed by atoms with van der Waals surface area (Å²) in [6.45, 7) is 6.12. The normalized spacial score (nSPS) is 13.7. The predicted molar refractivity (Wildman–Crippen MR) is 343 cm³/mol. The van der Waals surface area contributed by atoms with Crippen molar-refractivity contribution in [2.75, 3.05) is 13.2 Å². The van der Waals surface area contributed by atoms with Gasteiger partial charge in [-0.3, -0.25) is 14.4 Å². The third-order valence-corrected chi connectivity index (χ3v) is 11.5. The molecular formula is C73H106O6. The second kappa shape index (κ2) is 64.3. The van der Waals surface area contributed by atoms with Crippen LogP contribution in [0.15, 0.2) is 219 Å². The third kappa shape index (κ3) is 62.5. The number of ether oxygens (including phenoxy) is 3. The molecule has 0 fully saturated rings. The highest BCUT2D eigenvalue weighted by Crippen LogP contribution is 2.10. The van der Waals surface area contributed by atoms with Crippen LogP contribution in [0.25, 0.3) is 0 Å². The Bertz CT molecular complexity index is 2010. The van der Waals surface area contributed by atoms with Crippen LogP contribution in [0.1, 0.15) is 201 Å². The predicted octanol–water partition coefficient (Wildman–Crippen LogP) is 21.0. The highest BCUT2D eigenvalue weighted by atomic mass is 16.6. The summed E-state index contributed by atoms with van der Waals surface area (Å²) in [4.78, 5) is 38.2. The molecule has 1 unspecified atom stereocenters. The molecule has 0 rings (SSSR count). The topological polar surface area (TPSA) is 78.9 Å². The van der Waals surface area contributed by atoms with E-state index in [9.17, 15) is 14.4 Å². The maximum absolute atomic E-state index is 12.9. The average molecular weight is 1080 g/mol. The zero-order valence-corrected chi connectivity index (χ0v) is 49.5. The Balaban J connectivity index is 4.70. The molecule has 0 aliphatic carbocycles. The minimum absolute atomic E-state index is 0.159. The van der Waals surface area contributed by atoms with Crippen molar-refractivity contribution in [1.82, 2.24) is 0 Å². The van der Waals surface area contributed by atoms with E-state index in [4.69, 9.17) is 14.2 Å². The van der Waals surface area contributed by atoms with E-state index < -0.39 is 18.0 Å². The smallest absolute Gasteiger partial charge is 0.306 e. The summed E-state index contributed by atoms with van der Waals surface area (Å²) in [6, 6.07) is 0. The van der Waals surface area contributed by atoms with Crippen LogP contribution < -0.4 is 0 Å². The molecule has 0 bridgehead atoms. The van der Waals surface area contributed by atoms with Gasteiger partial charge in [-0.05, 0) is 148 Å². The van der Waals surface area contributed by atoms with Gasteiger partial charge in [-0.2, -0.15) is 0 Å². The Labute approximate surface area is 482 Å². The van der Waals surface area contributed by atoms with Crippen LogP contribution in [-0.4, -0.2) is 37.2 Å². The van der Waals surface area contributed by atoms with Crippen molar-refractivity contribution in [3.8, 4) is 0 Å². The van der Waals surface area contributed by atoms with Gasteiger partial charge in [-0.25, -0.2) is 0 Å². The van der Waals surface area contributed by atoms with Crippen LogP contribution in [0.4, 0.5) is 0 Å². The molecule has 0 saturated heterocycles. The first-order valence-electron chi connectivity index (χ1n) is 30.2. The number of allylic oxidation sites excluding steroid dienone is 36. The third-order valence-electron chi connectivity index (χ3n) is 11.5. The minimum atomic E-state index is -0.877. The SMILES string of the molecule is CC/C=C\C/C=C\C/C=C\C/C=C\C/C=C\C/C=C\CCCCCCC(=O)OCC(COC(=O)CC/C=C\C/C=C\C/C=C\C/C=C\C/C=C\C/C=C\CC)OC(=O)CC/C=C\C/C=C\C/C=C\C/C=C\C/C=C\C/C=C\CC. The van der Waals surface area contributed by atoms with E-state index in [-0.39, 0.29) is 38.4 Å². The summed E-state index contributed by atoms with van der Waals surface area (Å²) >= 11 is 0. The quantitative estimate of drug-likeness (QED) is 0.0261. The second-order valence-electron chi connectivity index (χ2n) is 18.8. The number of carbonyl (C=O) groups excluding carboxylic acids is 3. The van der Waals surface area contributed by atoms with Crippen molar-refractivity contribution in [2.45, 2.75) is 207 Å². The van der Waals surface area contributed by atoms with Crippen molar-refractivity contribution < 1.29 is 28.6 Å². The molecule has 1 atom stereocenters. The summed E-state index contributed by atoms with van der Waals surface area (Å²) in [6.07, 6.45) is 101. The number of hydrogen-bond donors (Lipinski definition) is 0. The maximum atomic E-state index is 12.9. The van der Waals surface area contributed by atoms with Gasteiger partial charge in [0, 0.05) is 19.3 Å². The van der Waals surface area contributed by atoms with Gasteiger partial charge in [0.1, 0.15) is 13.2 Å². The van der Waals surface area contributed by atoms with Crippen LogP contribution in [0.5, 0.6) is 0 Å². The molecule has 79 heavy (non-hydrogen) atoms. The summed E-state index contributed by atoms with van der Waals surface area (Å²) in [7, 11) is 0. The van der Waals surface area contributed by atoms with Gasteiger partial charge >= 0.3 is 17.9 Å². The molecule has 0 aromatic rings. The summed E-state index contributed by atoms with van der Waals surface area (Å²) in [5.74, 6) is -1.17. The molecule has 0 aromatic heterocycles. The average Bonchev–Trinajstić information content (AvgIpc) is 3.45. The number of rotatable bonds is 51. The fourth-order valence-electron chi connectivity index (χ4n) is 7.08. The van der Waals surface area contributed by atoms with Gasteiger partial charge in [0.25, 0.3) is 0 Å². The lowest BCUT2D eigenvalue weighted by molar-refractivity contribution is -0.166. The lowest BCUT2D eigenvalue weighted by Gasteiger charge is -2.18. The molecule has 0 aliphatic heterocycles. The zero-order chi connectivity index (χ0) is 57.1.